The molecule has 0 radical (unpaired) electrons. The molecule has 2 bridgehead atoms. The Bertz CT molecular complexity index is 778. The minimum atomic E-state index is -0.211. The maximum atomic E-state index is 12.8. The second-order valence-electron chi connectivity index (χ2n) is 5.93. The molecule has 0 aliphatic carbocycles. The van der Waals surface area contributed by atoms with Gasteiger partial charge < -0.3 is 0 Å². The van der Waals surface area contributed by atoms with Gasteiger partial charge in [0, 0.05) is 6.54 Å². The molecule has 2 heterocycles. The van der Waals surface area contributed by atoms with Gasteiger partial charge in [-0.15, -0.1) is 0 Å². The zero-order chi connectivity index (χ0) is 16.5. The quantitative estimate of drug-likeness (QED) is 0.782. The number of carbonyl (C=O) groups is 1. The van der Waals surface area contributed by atoms with Gasteiger partial charge in [0.15, 0.2) is 0 Å². The Balaban J connectivity index is 1.60. The smallest absolute Gasteiger partial charge is 0.270 e. The number of benzene rings is 2. The SMILES string of the molecule is O=C(c1ccccc1Cl)N1CN2CC=CC(O1)C2c1ccccc1. The fourth-order valence-electron chi connectivity index (χ4n) is 3.27. The van der Waals surface area contributed by atoms with Gasteiger partial charge in [-0.25, -0.2) is 5.06 Å². The molecule has 2 aromatic carbocycles. The lowest BCUT2D eigenvalue weighted by molar-refractivity contribution is -0.232. The number of nitrogens with zero attached hydrogens (tertiary/aromatic N) is 2. The first kappa shape index (κ1) is 15.4. The van der Waals surface area contributed by atoms with E-state index in [1.807, 2.05) is 30.3 Å². The number of hydrogen-bond donors (Lipinski definition) is 0. The van der Waals surface area contributed by atoms with E-state index in [-0.39, 0.29) is 18.1 Å². The van der Waals surface area contributed by atoms with E-state index < -0.39 is 0 Å². The normalized spacial score (nSPS) is 25.5. The summed E-state index contributed by atoms with van der Waals surface area (Å²) in [6.45, 7) is 1.19. The predicted octanol–water partition coefficient (Wildman–Crippen LogP) is 3.67. The van der Waals surface area contributed by atoms with Crippen LogP contribution in [0.15, 0.2) is 66.7 Å². The van der Waals surface area contributed by atoms with Crippen molar-refractivity contribution in [3.8, 4) is 0 Å². The highest BCUT2D eigenvalue weighted by atomic mass is 35.5. The van der Waals surface area contributed by atoms with Crippen molar-refractivity contribution in [3.05, 3.63) is 82.9 Å². The second-order valence-corrected chi connectivity index (χ2v) is 6.34. The molecule has 1 amide bonds. The molecule has 4 nitrogen and oxygen atoms in total. The van der Waals surface area contributed by atoms with E-state index in [1.165, 1.54) is 10.6 Å². The molecule has 1 fully saturated rings. The molecule has 2 aliphatic heterocycles. The second kappa shape index (κ2) is 6.40. The van der Waals surface area contributed by atoms with Crippen molar-refractivity contribution < 1.29 is 9.63 Å². The van der Waals surface area contributed by atoms with Crippen LogP contribution >= 0.6 is 11.6 Å². The van der Waals surface area contributed by atoms with Crippen LogP contribution in [0.1, 0.15) is 22.0 Å². The van der Waals surface area contributed by atoms with Gasteiger partial charge >= 0.3 is 0 Å². The van der Waals surface area contributed by atoms with Crippen LogP contribution in [0.2, 0.25) is 5.02 Å². The Morgan fingerprint density at radius 2 is 1.83 bits per heavy atom. The Hall–Kier alpha value is -2.14. The zero-order valence-corrected chi connectivity index (χ0v) is 13.8. The minimum Gasteiger partial charge on any atom is -0.270 e. The molecule has 0 aromatic heterocycles. The van der Waals surface area contributed by atoms with Crippen molar-refractivity contribution in [1.29, 1.82) is 0 Å². The van der Waals surface area contributed by atoms with Crippen molar-refractivity contribution in [2.75, 3.05) is 13.2 Å². The summed E-state index contributed by atoms with van der Waals surface area (Å²) in [6.07, 6.45) is 3.92. The summed E-state index contributed by atoms with van der Waals surface area (Å²) in [5.74, 6) is -0.211. The lowest BCUT2D eigenvalue weighted by Crippen LogP contribution is -2.55. The van der Waals surface area contributed by atoms with E-state index in [9.17, 15) is 4.79 Å². The maximum Gasteiger partial charge on any atom is 0.280 e. The van der Waals surface area contributed by atoms with Crippen molar-refractivity contribution >= 4 is 17.5 Å². The molecule has 5 heteroatoms. The number of fused-ring (bicyclic) bond motifs is 2. The van der Waals surface area contributed by atoms with E-state index in [4.69, 9.17) is 16.4 Å². The molecule has 122 valence electrons. The number of carbonyl (C=O) groups excluding carboxylic acids is 1. The van der Waals surface area contributed by atoms with E-state index in [0.717, 1.165) is 6.54 Å². The van der Waals surface area contributed by atoms with Crippen molar-refractivity contribution in [3.63, 3.8) is 0 Å². The Morgan fingerprint density at radius 1 is 1.08 bits per heavy atom. The first-order chi connectivity index (χ1) is 11.7. The van der Waals surface area contributed by atoms with Crippen LogP contribution in [0.3, 0.4) is 0 Å². The number of amides is 1. The topological polar surface area (TPSA) is 32.8 Å². The maximum absolute atomic E-state index is 12.8. The summed E-state index contributed by atoms with van der Waals surface area (Å²) in [6, 6.07) is 17.4. The van der Waals surface area contributed by atoms with Crippen LogP contribution in [-0.4, -0.2) is 35.2 Å². The average Bonchev–Trinajstić information content (AvgIpc) is 2.61. The lowest BCUT2D eigenvalue weighted by atomic mass is 9.96. The molecular weight excluding hydrogens is 324 g/mol. The fraction of sp³-hybridized carbons (Fsp3) is 0.211. The summed E-state index contributed by atoms with van der Waals surface area (Å²) in [4.78, 5) is 21.0. The number of rotatable bonds is 2. The third-order valence-electron chi connectivity index (χ3n) is 4.40. The molecule has 1 saturated heterocycles. The van der Waals surface area contributed by atoms with Gasteiger partial charge in [-0.3, -0.25) is 14.5 Å². The molecule has 2 aromatic rings. The molecule has 0 saturated carbocycles. The summed E-state index contributed by atoms with van der Waals surface area (Å²) in [7, 11) is 0. The van der Waals surface area contributed by atoms with Gasteiger partial charge in [0.1, 0.15) is 12.8 Å². The monoisotopic (exact) mass is 340 g/mol. The van der Waals surface area contributed by atoms with Gasteiger partial charge in [0.2, 0.25) is 0 Å². The fourth-order valence-corrected chi connectivity index (χ4v) is 3.49. The molecule has 3 atom stereocenters. The predicted molar refractivity (Wildman–Crippen MR) is 92.4 cm³/mol. The zero-order valence-electron chi connectivity index (χ0n) is 13.0. The number of halogens is 1. The summed E-state index contributed by atoms with van der Waals surface area (Å²) < 4.78 is 0. The molecular formula is C19H17ClN2O2. The van der Waals surface area contributed by atoms with Crippen LogP contribution in [0.5, 0.6) is 0 Å². The molecule has 24 heavy (non-hydrogen) atoms. The van der Waals surface area contributed by atoms with Crippen LogP contribution in [0, 0.1) is 0 Å². The Labute approximate surface area is 145 Å². The highest BCUT2D eigenvalue weighted by Crippen LogP contribution is 2.35. The van der Waals surface area contributed by atoms with Crippen LogP contribution < -0.4 is 0 Å². The van der Waals surface area contributed by atoms with Gasteiger partial charge in [0.05, 0.1) is 16.6 Å². The minimum absolute atomic E-state index is 0.117. The largest absolute Gasteiger partial charge is 0.280 e. The van der Waals surface area contributed by atoms with Gasteiger partial charge in [-0.05, 0) is 17.7 Å². The first-order valence-electron chi connectivity index (χ1n) is 7.93. The van der Waals surface area contributed by atoms with Gasteiger partial charge in [-0.2, -0.15) is 0 Å². The van der Waals surface area contributed by atoms with E-state index >= 15 is 0 Å². The highest BCUT2D eigenvalue weighted by molar-refractivity contribution is 6.33. The third-order valence-corrected chi connectivity index (χ3v) is 4.73. The number of hydrogen-bond acceptors (Lipinski definition) is 3. The van der Waals surface area contributed by atoms with Crippen molar-refractivity contribution in [2.24, 2.45) is 0 Å². The average molecular weight is 341 g/mol. The summed E-state index contributed by atoms with van der Waals surface area (Å²) in [5, 5.41) is 1.85. The highest BCUT2D eigenvalue weighted by Gasteiger charge is 2.39. The molecule has 2 aliphatic rings. The number of hydroxylamine groups is 2. The lowest BCUT2D eigenvalue weighted by Gasteiger charge is -2.46. The van der Waals surface area contributed by atoms with Gasteiger partial charge in [-0.1, -0.05) is 66.2 Å². The summed E-state index contributed by atoms with van der Waals surface area (Å²) >= 11 is 6.15. The van der Waals surface area contributed by atoms with Crippen molar-refractivity contribution in [2.45, 2.75) is 12.1 Å². The van der Waals surface area contributed by atoms with Crippen molar-refractivity contribution in [1.82, 2.24) is 9.96 Å². The standard InChI is InChI=1S/C19H17ClN2O2/c20-16-10-5-4-9-15(16)19(23)22-13-21-12-6-11-17(24-22)18(21)14-7-2-1-3-8-14/h1-11,17-18H,12-13H2. The molecule has 4 rings (SSSR count). The van der Waals surface area contributed by atoms with Crippen LogP contribution in [0.25, 0.3) is 0 Å². The van der Waals surface area contributed by atoms with E-state index in [0.29, 0.717) is 17.3 Å². The molecule has 0 spiro atoms. The third kappa shape index (κ3) is 2.73. The van der Waals surface area contributed by atoms with Crippen LogP contribution in [0.4, 0.5) is 0 Å². The Morgan fingerprint density at radius 3 is 2.58 bits per heavy atom. The van der Waals surface area contributed by atoms with E-state index in [2.05, 4.69) is 23.1 Å². The van der Waals surface area contributed by atoms with E-state index in [1.54, 1.807) is 18.2 Å². The Kier molecular flexibility index (Phi) is 4.10. The first-order valence-corrected chi connectivity index (χ1v) is 8.30. The van der Waals surface area contributed by atoms with Gasteiger partial charge in [0.25, 0.3) is 5.91 Å². The molecule has 0 N–H and O–H groups in total. The summed E-state index contributed by atoms with van der Waals surface area (Å²) in [5.41, 5.74) is 1.65. The van der Waals surface area contributed by atoms with Crippen LogP contribution in [-0.2, 0) is 4.84 Å². The molecule has 3 unspecified atom stereocenters.